The van der Waals surface area contributed by atoms with Crippen molar-refractivity contribution in [1.29, 1.82) is 0 Å². The van der Waals surface area contributed by atoms with E-state index in [4.69, 9.17) is 4.52 Å². The minimum Gasteiger partial charge on any atom is -0.349 e. The molecule has 4 aromatic rings. The van der Waals surface area contributed by atoms with Crippen LogP contribution in [0.4, 0.5) is 13.2 Å². The molecule has 0 spiro atoms. The van der Waals surface area contributed by atoms with Gasteiger partial charge in [0.05, 0.1) is 27.4 Å². The SMILES string of the molecule is O=C(NC1CC1)c1cc(SCc2nc(-c3cccc(C(F)(F)F)c3)no2)nc2ccccc12. The average Bonchev–Trinajstić information content (AvgIpc) is 3.49. The number of nitrogens with zero attached hydrogens (tertiary/aromatic N) is 3. The first-order valence-corrected chi connectivity index (χ1v) is 11.2. The Morgan fingerprint density at radius 3 is 2.70 bits per heavy atom. The van der Waals surface area contributed by atoms with Crippen LogP contribution in [-0.4, -0.2) is 27.1 Å². The lowest BCUT2D eigenvalue weighted by Gasteiger charge is -2.09. The zero-order chi connectivity index (χ0) is 23.0. The molecule has 1 N–H and O–H groups in total. The zero-order valence-corrected chi connectivity index (χ0v) is 17.9. The zero-order valence-electron chi connectivity index (χ0n) is 17.1. The molecule has 6 nitrogen and oxygen atoms in total. The van der Waals surface area contributed by atoms with Crippen LogP contribution in [0, 0.1) is 0 Å². The van der Waals surface area contributed by atoms with Gasteiger partial charge in [-0.1, -0.05) is 47.3 Å². The molecule has 1 saturated carbocycles. The normalized spacial score (nSPS) is 13.9. The van der Waals surface area contributed by atoms with Gasteiger partial charge in [0.15, 0.2) is 0 Å². The third kappa shape index (κ3) is 4.85. The van der Waals surface area contributed by atoms with Gasteiger partial charge in [-0.15, -0.1) is 0 Å². The second-order valence-corrected chi connectivity index (χ2v) is 8.65. The van der Waals surface area contributed by atoms with Gasteiger partial charge in [-0.25, -0.2) is 4.98 Å². The number of alkyl halides is 3. The lowest BCUT2D eigenvalue weighted by Crippen LogP contribution is -2.25. The van der Waals surface area contributed by atoms with Crippen LogP contribution in [0.1, 0.15) is 34.7 Å². The first-order valence-electron chi connectivity index (χ1n) is 10.2. The molecule has 1 amide bonds. The predicted molar refractivity (Wildman–Crippen MR) is 117 cm³/mol. The van der Waals surface area contributed by atoms with Crippen LogP contribution in [0.15, 0.2) is 64.1 Å². The number of hydrogen-bond donors (Lipinski definition) is 1. The summed E-state index contributed by atoms with van der Waals surface area (Å²) in [5, 5.41) is 8.18. The fourth-order valence-electron chi connectivity index (χ4n) is 3.30. The summed E-state index contributed by atoms with van der Waals surface area (Å²) in [5.41, 5.74) is 0.676. The van der Waals surface area contributed by atoms with Crippen molar-refractivity contribution in [2.75, 3.05) is 0 Å². The Morgan fingerprint density at radius 1 is 1.09 bits per heavy atom. The molecule has 0 bridgehead atoms. The van der Waals surface area contributed by atoms with E-state index in [0.29, 0.717) is 16.1 Å². The predicted octanol–water partition coefficient (Wildman–Crippen LogP) is 5.49. The number of aromatic nitrogens is 3. The molecule has 0 atom stereocenters. The van der Waals surface area contributed by atoms with Gasteiger partial charge in [0, 0.05) is 17.0 Å². The van der Waals surface area contributed by atoms with E-state index in [2.05, 4.69) is 20.4 Å². The Morgan fingerprint density at radius 2 is 1.91 bits per heavy atom. The molecule has 0 radical (unpaired) electrons. The topological polar surface area (TPSA) is 80.9 Å². The number of amides is 1. The van der Waals surface area contributed by atoms with Crippen LogP contribution >= 0.6 is 11.8 Å². The first kappa shape index (κ1) is 21.4. The van der Waals surface area contributed by atoms with Gasteiger partial charge in [0.2, 0.25) is 11.7 Å². The number of hydrogen-bond acceptors (Lipinski definition) is 6. The van der Waals surface area contributed by atoms with Gasteiger partial charge in [0.1, 0.15) is 0 Å². The molecule has 1 fully saturated rings. The fourth-order valence-corrected chi connectivity index (χ4v) is 4.06. The molecule has 168 valence electrons. The highest BCUT2D eigenvalue weighted by atomic mass is 32.2. The van der Waals surface area contributed by atoms with Crippen molar-refractivity contribution in [2.45, 2.75) is 35.8 Å². The molecule has 0 saturated heterocycles. The van der Waals surface area contributed by atoms with E-state index in [-0.39, 0.29) is 35.0 Å². The van der Waals surface area contributed by atoms with Crippen LogP contribution in [0.25, 0.3) is 22.3 Å². The summed E-state index contributed by atoms with van der Waals surface area (Å²) in [7, 11) is 0. The molecule has 1 aliphatic carbocycles. The molecule has 5 rings (SSSR count). The Labute approximate surface area is 190 Å². The number of thioether (sulfide) groups is 1. The summed E-state index contributed by atoms with van der Waals surface area (Å²) in [4.78, 5) is 21.5. The lowest BCUT2D eigenvalue weighted by atomic mass is 10.1. The molecular formula is C23H17F3N4O2S. The summed E-state index contributed by atoms with van der Waals surface area (Å²) in [6.07, 6.45) is -2.48. The largest absolute Gasteiger partial charge is 0.416 e. The number of fused-ring (bicyclic) bond motifs is 1. The minimum atomic E-state index is -4.45. The smallest absolute Gasteiger partial charge is 0.349 e. The van der Waals surface area contributed by atoms with E-state index in [9.17, 15) is 18.0 Å². The standard InChI is InChI=1S/C23H17F3N4O2S/c24-23(25,26)14-5-3-4-13(10-14)21-29-19(32-30-21)12-33-20-11-17(22(31)27-15-8-9-15)16-6-1-2-7-18(16)28-20/h1-7,10-11,15H,8-9,12H2,(H,27,31). The van der Waals surface area contributed by atoms with Gasteiger partial charge in [-0.2, -0.15) is 18.2 Å². The third-order valence-corrected chi connectivity index (χ3v) is 6.01. The summed E-state index contributed by atoms with van der Waals surface area (Å²) < 4.78 is 44.1. The molecule has 2 aromatic carbocycles. The number of para-hydroxylation sites is 1. The minimum absolute atomic E-state index is 0.0765. The number of pyridine rings is 1. The van der Waals surface area contributed by atoms with E-state index in [0.717, 1.165) is 30.4 Å². The van der Waals surface area contributed by atoms with E-state index >= 15 is 0 Å². The second-order valence-electron chi connectivity index (χ2n) is 7.65. The Hall–Kier alpha value is -3.40. The van der Waals surface area contributed by atoms with Crippen molar-refractivity contribution in [3.8, 4) is 11.4 Å². The maximum absolute atomic E-state index is 13.0. The van der Waals surface area contributed by atoms with Crippen molar-refractivity contribution in [3.05, 3.63) is 71.6 Å². The van der Waals surface area contributed by atoms with Crippen molar-refractivity contribution in [1.82, 2.24) is 20.4 Å². The number of halogens is 3. The Balaban J connectivity index is 1.35. The number of rotatable bonds is 6. The summed E-state index contributed by atoms with van der Waals surface area (Å²) in [5.74, 6) is 0.433. The highest BCUT2D eigenvalue weighted by molar-refractivity contribution is 7.98. The molecular weight excluding hydrogens is 453 g/mol. The molecule has 0 unspecified atom stereocenters. The fraction of sp³-hybridized carbons (Fsp3) is 0.217. The van der Waals surface area contributed by atoms with Crippen molar-refractivity contribution in [3.63, 3.8) is 0 Å². The van der Waals surface area contributed by atoms with E-state index in [1.807, 2.05) is 24.3 Å². The molecule has 33 heavy (non-hydrogen) atoms. The third-order valence-electron chi connectivity index (χ3n) is 5.11. The number of carbonyl (C=O) groups is 1. The van der Waals surface area contributed by atoms with Crippen molar-refractivity contribution >= 4 is 28.6 Å². The highest BCUT2D eigenvalue weighted by Gasteiger charge is 2.31. The van der Waals surface area contributed by atoms with E-state index in [1.54, 1.807) is 6.07 Å². The lowest BCUT2D eigenvalue weighted by molar-refractivity contribution is -0.137. The van der Waals surface area contributed by atoms with Gasteiger partial charge in [-0.3, -0.25) is 4.79 Å². The van der Waals surface area contributed by atoms with Crippen LogP contribution in [0.3, 0.4) is 0 Å². The highest BCUT2D eigenvalue weighted by Crippen LogP contribution is 2.32. The Bertz CT molecular complexity index is 1330. The molecule has 1 aliphatic rings. The van der Waals surface area contributed by atoms with E-state index < -0.39 is 11.7 Å². The van der Waals surface area contributed by atoms with Crippen molar-refractivity contribution < 1.29 is 22.5 Å². The first-order chi connectivity index (χ1) is 15.9. The molecule has 2 heterocycles. The van der Waals surface area contributed by atoms with Crippen LogP contribution in [0.5, 0.6) is 0 Å². The maximum Gasteiger partial charge on any atom is 0.416 e. The van der Waals surface area contributed by atoms with Crippen LogP contribution in [-0.2, 0) is 11.9 Å². The quantitative estimate of drug-likeness (QED) is 0.376. The molecule has 2 aromatic heterocycles. The van der Waals surface area contributed by atoms with Gasteiger partial charge in [-0.05, 0) is 37.1 Å². The molecule has 10 heteroatoms. The van der Waals surface area contributed by atoms with E-state index in [1.165, 1.54) is 23.9 Å². The van der Waals surface area contributed by atoms with Gasteiger partial charge in [0.25, 0.3) is 5.91 Å². The Kier molecular flexibility index (Phi) is 5.53. The van der Waals surface area contributed by atoms with Gasteiger partial charge < -0.3 is 9.84 Å². The number of carbonyl (C=O) groups excluding carboxylic acids is 1. The van der Waals surface area contributed by atoms with Gasteiger partial charge >= 0.3 is 6.18 Å². The summed E-state index contributed by atoms with van der Waals surface area (Å²) in [6.45, 7) is 0. The van der Waals surface area contributed by atoms with Crippen LogP contribution < -0.4 is 5.32 Å². The molecule has 0 aliphatic heterocycles. The average molecular weight is 470 g/mol. The van der Waals surface area contributed by atoms with Crippen molar-refractivity contribution in [2.24, 2.45) is 0 Å². The monoisotopic (exact) mass is 470 g/mol. The second kappa shape index (κ2) is 8.51. The van der Waals surface area contributed by atoms with Crippen LogP contribution in [0.2, 0.25) is 0 Å². The summed E-state index contributed by atoms with van der Waals surface area (Å²) >= 11 is 1.30. The summed E-state index contributed by atoms with van der Waals surface area (Å²) in [6, 6.07) is 14.1. The number of benzene rings is 2. The number of nitrogens with one attached hydrogen (secondary N) is 1. The maximum atomic E-state index is 13.0.